The average molecular weight is 276 g/mol. The molecule has 5 nitrogen and oxygen atoms in total. The van der Waals surface area contributed by atoms with Gasteiger partial charge < -0.3 is 4.74 Å². The second kappa shape index (κ2) is 5.73. The van der Waals surface area contributed by atoms with Gasteiger partial charge in [0, 0.05) is 6.67 Å². The van der Waals surface area contributed by atoms with Gasteiger partial charge in [-0.25, -0.2) is 0 Å². The number of Topliss-reactive ketones (excluding diaryl/α,β-unsaturated/α-hetero) is 1. The van der Waals surface area contributed by atoms with Crippen LogP contribution >= 0.6 is 0 Å². The van der Waals surface area contributed by atoms with E-state index in [1.807, 2.05) is 45.0 Å². The molecular weight excluding hydrogens is 256 g/mol. The van der Waals surface area contributed by atoms with Crippen molar-refractivity contribution in [2.45, 2.75) is 38.5 Å². The molecule has 0 spiro atoms. The van der Waals surface area contributed by atoms with E-state index in [2.05, 4.69) is 10.6 Å². The Morgan fingerprint density at radius 1 is 1.40 bits per heavy atom. The first kappa shape index (κ1) is 14.7. The van der Waals surface area contributed by atoms with Crippen molar-refractivity contribution < 1.29 is 14.3 Å². The fourth-order valence-corrected chi connectivity index (χ4v) is 2.52. The van der Waals surface area contributed by atoms with Crippen LogP contribution in [0.25, 0.3) is 0 Å². The minimum atomic E-state index is -0.589. The van der Waals surface area contributed by atoms with Crippen molar-refractivity contribution in [1.29, 1.82) is 0 Å². The standard InChI is InChI=1S/C15H20N2O3/c1-10(2)20-12-6-4-11(5-7-12)15(3)14(13(19)8-18)16-9-17-15/h4-8,10,14,16-17H,9H2,1-3H3. The third kappa shape index (κ3) is 2.73. The molecule has 108 valence electrons. The molecule has 0 aliphatic carbocycles. The Morgan fingerprint density at radius 2 is 2.05 bits per heavy atom. The number of hydrogen-bond donors (Lipinski definition) is 2. The molecule has 1 saturated heterocycles. The lowest BCUT2D eigenvalue weighted by Gasteiger charge is -2.29. The van der Waals surface area contributed by atoms with Crippen molar-refractivity contribution in [2.75, 3.05) is 6.67 Å². The van der Waals surface area contributed by atoms with Gasteiger partial charge in [0.25, 0.3) is 0 Å². The maximum atomic E-state index is 11.7. The van der Waals surface area contributed by atoms with Crippen LogP contribution in [0.15, 0.2) is 24.3 Å². The number of ether oxygens (including phenoxy) is 1. The van der Waals surface area contributed by atoms with Crippen molar-refractivity contribution in [1.82, 2.24) is 10.6 Å². The molecule has 2 rings (SSSR count). The molecule has 0 amide bonds. The third-order valence-electron chi connectivity index (χ3n) is 3.57. The highest BCUT2D eigenvalue weighted by Crippen LogP contribution is 2.29. The number of carbonyl (C=O) groups is 2. The van der Waals surface area contributed by atoms with Crippen LogP contribution in [0, 0.1) is 0 Å². The van der Waals surface area contributed by atoms with Gasteiger partial charge in [0.15, 0.2) is 6.29 Å². The summed E-state index contributed by atoms with van der Waals surface area (Å²) in [5.74, 6) is 0.344. The average Bonchev–Trinajstić information content (AvgIpc) is 2.81. The summed E-state index contributed by atoms with van der Waals surface area (Å²) in [7, 11) is 0. The van der Waals surface area contributed by atoms with Crippen LogP contribution in [-0.2, 0) is 15.1 Å². The van der Waals surface area contributed by atoms with Gasteiger partial charge in [-0.3, -0.25) is 20.2 Å². The summed E-state index contributed by atoms with van der Waals surface area (Å²) >= 11 is 0. The molecule has 1 heterocycles. The van der Waals surface area contributed by atoms with Crippen LogP contribution < -0.4 is 15.4 Å². The number of nitrogens with one attached hydrogen (secondary N) is 2. The highest BCUT2D eigenvalue weighted by atomic mass is 16.5. The smallest absolute Gasteiger partial charge is 0.214 e. The Bertz CT molecular complexity index is 498. The Kier molecular flexibility index (Phi) is 4.20. The predicted molar refractivity (Wildman–Crippen MR) is 75.6 cm³/mol. The number of benzene rings is 1. The Balaban J connectivity index is 2.25. The first-order valence-electron chi connectivity index (χ1n) is 6.72. The second-order valence-electron chi connectivity index (χ2n) is 5.40. The van der Waals surface area contributed by atoms with E-state index in [4.69, 9.17) is 4.74 Å². The van der Waals surface area contributed by atoms with Gasteiger partial charge >= 0.3 is 0 Å². The van der Waals surface area contributed by atoms with Gasteiger partial charge in [0.1, 0.15) is 5.75 Å². The quantitative estimate of drug-likeness (QED) is 0.620. The summed E-state index contributed by atoms with van der Waals surface area (Å²) in [6, 6.07) is 7.05. The topological polar surface area (TPSA) is 67.4 Å². The second-order valence-corrected chi connectivity index (χ2v) is 5.40. The Hall–Kier alpha value is -1.72. The lowest BCUT2D eigenvalue weighted by Crippen LogP contribution is -2.48. The maximum absolute atomic E-state index is 11.7. The summed E-state index contributed by atoms with van der Waals surface area (Å²) in [5, 5.41) is 6.26. The molecule has 0 aromatic heterocycles. The minimum absolute atomic E-state index is 0.118. The van der Waals surface area contributed by atoms with E-state index in [0.717, 1.165) is 11.3 Å². The molecule has 1 fully saturated rings. The van der Waals surface area contributed by atoms with Crippen LogP contribution in [-0.4, -0.2) is 30.9 Å². The SMILES string of the molecule is CC(C)Oc1ccc(C2(C)NCNC2C(=O)C=O)cc1. The van der Waals surface area contributed by atoms with Gasteiger partial charge in [-0.05, 0) is 38.5 Å². The molecule has 2 N–H and O–H groups in total. The maximum Gasteiger partial charge on any atom is 0.214 e. The largest absolute Gasteiger partial charge is 0.491 e. The molecule has 5 heteroatoms. The molecule has 1 aromatic rings. The van der Waals surface area contributed by atoms with E-state index in [0.29, 0.717) is 13.0 Å². The van der Waals surface area contributed by atoms with E-state index in [1.165, 1.54) is 0 Å². The van der Waals surface area contributed by atoms with Crippen molar-refractivity contribution in [3.05, 3.63) is 29.8 Å². The number of hydrogen-bond acceptors (Lipinski definition) is 5. The summed E-state index contributed by atoms with van der Waals surface area (Å²) in [6.45, 7) is 6.34. The third-order valence-corrected chi connectivity index (χ3v) is 3.57. The number of rotatable bonds is 5. The highest BCUT2D eigenvalue weighted by Gasteiger charge is 2.43. The number of aldehydes is 1. The van der Waals surface area contributed by atoms with E-state index >= 15 is 0 Å². The molecule has 20 heavy (non-hydrogen) atoms. The molecular formula is C15H20N2O3. The van der Waals surface area contributed by atoms with Crippen LogP contribution in [0.1, 0.15) is 26.3 Å². The van der Waals surface area contributed by atoms with Crippen LogP contribution in [0.2, 0.25) is 0 Å². The zero-order chi connectivity index (χ0) is 14.8. The summed E-state index contributed by atoms with van der Waals surface area (Å²) in [4.78, 5) is 22.5. The summed E-state index contributed by atoms with van der Waals surface area (Å²) < 4.78 is 5.60. The van der Waals surface area contributed by atoms with Gasteiger partial charge in [0.2, 0.25) is 5.78 Å². The molecule has 2 atom stereocenters. The van der Waals surface area contributed by atoms with Crippen LogP contribution in [0.5, 0.6) is 5.75 Å². The number of carbonyl (C=O) groups excluding carboxylic acids is 2. The molecule has 0 radical (unpaired) electrons. The first-order chi connectivity index (χ1) is 9.47. The van der Waals surface area contributed by atoms with Crippen molar-refractivity contribution >= 4 is 12.1 Å². The Morgan fingerprint density at radius 3 is 2.60 bits per heavy atom. The van der Waals surface area contributed by atoms with E-state index < -0.39 is 17.4 Å². The monoisotopic (exact) mass is 276 g/mol. The van der Waals surface area contributed by atoms with E-state index in [-0.39, 0.29) is 6.10 Å². The minimum Gasteiger partial charge on any atom is -0.491 e. The van der Waals surface area contributed by atoms with E-state index in [9.17, 15) is 9.59 Å². The molecule has 1 aromatic carbocycles. The first-order valence-corrected chi connectivity index (χ1v) is 6.72. The van der Waals surface area contributed by atoms with Gasteiger partial charge in [-0.2, -0.15) is 0 Å². The van der Waals surface area contributed by atoms with Crippen LogP contribution in [0.3, 0.4) is 0 Å². The zero-order valence-corrected chi connectivity index (χ0v) is 12.0. The molecule has 2 unspecified atom stereocenters. The van der Waals surface area contributed by atoms with Crippen LogP contribution in [0.4, 0.5) is 0 Å². The number of ketones is 1. The molecule has 1 aliphatic rings. The zero-order valence-electron chi connectivity index (χ0n) is 12.0. The summed E-state index contributed by atoms with van der Waals surface area (Å²) in [5.41, 5.74) is 0.354. The predicted octanol–water partition coefficient (Wildman–Crippen LogP) is 0.976. The molecule has 0 saturated carbocycles. The normalized spacial score (nSPS) is 25.7. The van der Waals surface area contributed by atoms with E-state index in [1.54, 1.807) is 0 Å². The summed E-state index contributed by atoms with van der Waals surface area (Å²) in [6.07, 6.45) is 0.492. The van der Waals surface area contributed by atoms with Crippen molar-refractivity contribution in [3.63, 3.8) is 0 Å². The lowest BCUT2D eigenvalue weighted by atomic mass is 9.84. The van der Waals surface area contributed by atoms with Crippen molar-refractivity contribution in [2.24, 2.45) is 0 Å². The lowest BCUT2D eigenvalue weighted by molar-refractivity contribution is -0.131. The molecule has 0 bridgehead atoms. The van der Waals surface area contributed by atoms with Gasteiger partial charge in [0.05, 0.1) is 17.7 Å². The van der Waals surface area contributed by atoms with Gasteiger partial charge in [-0.1, -0.05) is 12.1 Å². The van der Waals surface area contributed by atoms with Crippen molar-refractivity contribution in [3.8, 4) is 5.75 Å². The Labute approximate surface area is 118 Å². The molecule has 1 aliphatic heterocycles. The fourth-order valence-electron chi connectivity index (χ4n) is 2.52. The fraction of sp³-hybridized carbons (Fsp3) is 0.467. The highest BCUT2D eigenvalue weighted by molar-refractivity contribution is 6.28. The van der Waals surface area contributed by atoms with Gasteiger partial charge in [-0.15, -0.1) is 0 Å².